The van der Waals surface area contributed by atoms with Crippen molar-refractivity contribution in [1.82, 2.24) is 4.13 Å². The maximum Gasteiger partial charge on any atom is 0.335 e. The van der Waals surface area contributed by atoms with Gasteiger partial charge in [0.05, 0.1) is 0 Å². The fourth-order valence-electron chi connectivity index (χ4n) is 0.120. The molecule has 0 aromatic heterocycles. The fourth-order valence-corrected chi connectivity index (χ4v) is 1.08. The third kappa shape index (κ3) is 0.816. The Balaban J connectivity index is 2.32. The number of hydrogen-bond donors (Lipinski definition) is 1. The van der Waals surface area contributed by atoms with E-state index in [-0.39, 0.29) is 0 Å². The highest BCUT2D eigenvalue weighted by molar-refractivity contribution is 8.17. The molecule has 0 atom stereocenters. The summed E-state index contributed by atoms with van der Waals surface area (Å²) >= 11 is 3.03. The standard InChI is InChI=1S/C2H2NS2/c1-2-5-3-4-1/h1,3H/q+1. The summed E-state index contributed by atoms with van der Waals surface area (Å²) in [6.07, 6.45) is 0. The molecule has 0 aromatic carbocycles. The molecule has 1 aliphatic heterocycles. The maximum absolute atomic E-state index is 2.89. The van der Waals surface area contributed by atoms with Gasteiger partial charge in [-0.05, 0) is 0 Å². The second-order valence-electron chi connectivity index (χ2n) is 0.539. The summed E-state index contributed by atoms with van der Waals surface area (Å²) in [4.78, 5) is 0. The van der Waals surface area contributed by atoms with Crippen LogP contribution in [0.4, 0.5) is 0 Å². The minimum Gasteiger partial charge on any atom is -0.150 e. The molecule has 0 fully saturated rings. The van der Waals surface area contributed by atoms with Crippen molar-refractivity contribution in [3.63, 3.8) is 0 Å². The van der Waals surface area contributed by atoms with E-state index >= 15 is 0 Å². The van der Waals surface area contributed by atoms with Crippen molar-refractivity contribution in [2.45, 2.75) is 0 Å². The minimum atomic E-state index is 1.48. The normalized spacial score (nSPS) is 19.2. The molecule has 0 aromatic rings. The number of nitrogens with one attached hydrogen (secondary N) is 1. The fraction of sp³-hybridized carbons (Fsp3) is 0. The summed E-state index contributed by atoms with van der Waals surface area (Å²) < 4.78 is 2.89. The SMILES string of the molecule is [C+]1=CSNS1. The molecular weight excluding hydrogens is 102 g/mol. The Morgan fingerprint density at radius 3 is 3.00 bits per heavy atom. The molecule has 0 saturated carbocycles. The van der Waals surface area contributed by atoms with Crippen LogP contribution in [-0.2, 0) is 0 Å². The van der Waals surface area contributed by atoms with Crippen LogP contribution in [0.25, 0.3) is 0 Å². The Kier molecular flexibility index (Phi) is 1.17. The van der Waals surface area contributed by atoms with Crippen LogP contribution in [0.2, 0.25) is 0 Å². The molecule has 5 heavy (non-hydrogen) atoms. The van der Waals surface area contributed by atoms with E-state index in [1.54, 1.807) is 11.9 Å². The average molecular weight is 104 g/mol. The summed E-state index contributed by atoms with van der Waals surface area (Å²) in [5.41, 5.74) is 0. The first-order valence-corrected chi connectivity index (χ1v) is 2.83. The molecule has 0 spiro atoms. The van der Waals surface area contributed by atoms with Crippen molar-refractivity contribution in [3.05, 3.63) is 10.8 Å². The number of hydrogen-bond acceptors (Lipinski definition) is 3. The Hall–Kier alpha value is 0.310. The first-order valence-electron chi connectivity index (χ1n) is 1.14. The molecule has 1 heterocycles. The zero-order chi connectivity index (χ0) is 3.54. The molecular formula is C2H2NS2+. The van der Waals surface area contributed by atoms with E-state index in [1.807, 2.05) is 5.41 Å². The van der Waals surface area contributed by atoms with E-state index < -0.39 is 0 Å². The van der Waals surface area contributed by atoms with E-state index in [9.17, 15) is 0 Å². The van der Waals surface area contributed by atoms with Gasteiger partial charge in [-0.25, -0.2) is 0 Å². The summed E-state index contributed by atoms with van der Waals surface area (Å²) in [7, 11) is 0. The van der Waals surface area contributed by atoms with E-state index in [2.05, 4.69) is 9.54 Å². The van der Waals surface area contributed by atoms with Crippen LogP contribution in [0.1, 0.15) is 0 Å². The number of rotatable bonds is 0. The van der Waals surface area contributed by atoms with Crippen molar-refractivity contribution in [2.75, 3.05) is 0 Å². The Morgan fingerprint density at radius 1 is 1.80 bits per heavy atom. The van der Waals surface area contributed by atoms with Gasteiger partial charge >= 0.3 is 5.41 Å². The summed E-state index contributed by atoms with van der Waals surface area (Å²) in [6, 6.07) is 0. The second-order valence-corrected chi connectivity index (χ2v) is 2.12. The zero-order valence-electron chi connectivity index (χ0n) is 2.39. The maximum atomic E-state index is 2.89. The molecule has 0 bridgehead atoms. The molecule has 1 aliphatic rings. The lowest BCUT2D eigenvalue weighted by atomic mass is 11.3. The largest absolute Gasteiger partial charge is 0.335 e. The van der Waals surface area contributed by atoms with Crippen molar-refractivity contribution in [2.24, 2.45) is 0 Å². The van der Waals surface area contributed by atoms with Crippen LogP contribution >= 0.6 is 23.9 Å². The lowest BCUT2D eigenvalue weighted by Crippen LogP contribution is -1.72. The summed E-state index contributed by atoms with van der Waals surface area (Å²) in [6.45, 7) is 0. The molecule has 0 saturated heterocycles. The van der Waals surface area contributed by atoms with Crippen LogP contribution in [-0.4, -0.2) is 0 Å². The highest BCUT2D eigenvalue weighted by atomic mass is 32.2. The van der Waals surface area contributed by atoms with Gasteiger partial charge in [0.25, 0.3) is 11.9 Å². The molecule has 0 aliphatic carbocycles. The lowest BCUT2D eigenvalue weighted by molar-refractivity contribution is 1.80. The third-order valence-corrected chi connectivity index (χ3v) is 1.59. The molecule has 3 heteroatoms. The van der Waals surface area contributed by atoms with Crippen LogP contribution in [0, 0.1) is 5.41 Å². The van der Waals surface area contributed by atoms with Gasteiger partial charge in [0.1, 0.15) is 0 Å². The Bertz CT molecular complexity index is 45.6. The van der Waals surface area contributed by atoms with Crippen molar-refractivity contribution >= 4 is 23.9 Å². The van der Waals surface area contributed by atoms with Gasteiger partial charge in [0, 0.05) is 11.9 Å². The molecule has 1 N–H and O–H groups in total. The molecule has 0 amide bonds. The first-order chi connectivity index (χ1) is 2.50. The van der Waals surface area contributed by atoms with Crippen molar-refractivity contribution in [3.8, 4) is 0 Å². The van der Waals surface area contributed by atoms with Crippen molar-refractivity contribution in [1.29, 1.82) is 0 Å². The second kappa shape index (κ2) is 1.67. The smallest absolute Gasteiger partial charge is 0.150 e. The van der Waals surface area contributed by atoms with Gasteiger partial charge in [-0.15, -0.1) is 4.13 Å². The summed E-state index contributed by atoms with van der Waals surface area (Å²) in [5, 5.41) is 4.75. The molecule has 1 rings (SSSR count). The van der Waals surface area contributed by atoms with Crippen molar-refractivity contribution < 1.29 is 0 Å². The molecule has 26 valence electrons. The van der Waals surface area contributed by atoms with E-state index in [0.29, 0.717) is 0 Å². The topological polar surface area (TPSA) is 12.0 Å². The molecule has 0 unspecified atom stereocenters. The van der Waals surface area contributed by atoms with Gasteiger partial charge in [-0.3, -0.25) is 0 Å². The van der Waals surface area contributed by atoms with E-state index in [1.165, 1.54) is 11.9 Å². The Labute approximate surface area is 39.5 Å². The summed E-state index contributed by atoms with van der Waals surface area (Å²) in [5.74, 6) is 0. The highest BCUT2D eigenvalue weighted by Crippen LogP contribution is 2.13. The third-order valence-electron chi connectivity index (χ3n) is 0.256. The predicted octanol–water partition coefficient (Wildman–Crippen LogP) is 1.16. The zero-order valence-corrected chi connectivity index (χ0v) is 4.03. The van der Waals surface area contributed by atoms with Gasteiger partial charge in [0.15, 0.2) is 0 Å². The Morgan fingerprint density at radius 2 is 2.80 bits per heavy atom. The highest BCUT2D eigenvalue weighted by Gasteiger charge is 2.04. The van der Waals surface area contributed by atoms with Crippen LogP contribution < -0.4 is 4.13 Å². The van der Waals surface area contributed by atoms with Crippen LogP contribution in [0.15, 0.2) is 5.41 Å². The van der Waals surface area contributed by atoms with Gasteiger partial charge in [0.2, 0.25) is 5.41 Å². The van der Waals surface area contributed by atoms with Crippen LogP contribution in [0.5, 0.6) is 0 Å². The first kappa shape index (κ1) is 3.50. The van der Waals surface area contributed by atoms with Gasteiger partial charge in [-0.2, -0.15) is 0 Å². The monoisotopic (exact) mass is 104 g/mol. The molecule has 1 nitrogen and oxygen atoms in total. The lowest BCUT2D eigenvalue weighted by Gasteiger charge is -1.62. The van der Waals surface area contributed by atoms with E-state index in [4.69, 9.17) is 0 Å². The minimum absolute atomic E-state index is 1.48. The van der Waals surface area contributed by atoms with Gasteiger partial charge in [-0.1, -0.05) is 0 Å². The van der Waals surface area contributed by atoms with E-state index in [0.717, 1.165) is 0 Å². The molecule has 0 radical (unpaired) electrons. The average Bonchev–Trinajstić information content (AvgIpc) is 1.76. The predicted molar refractivity (Wildman–Crippen MR) is 26.1 cm³/mol. The van der Waals surface area contributed by atoms with Gasteiger partial charge < -0.3 is 0 Å². The quantitative estimate of drug-likeness (QED) is 0.366. The van der Waals surface area contributed by atoms with Crippen LogP contribution in [0.3, 0.4) is 0 Å².